The largest absolute Gasteiger partial charge is 0.369 e. The molecule has 3 aromatic rings. The molecule has 0 bridgehead atoms. The molecule has 0 amide bonds. The van der Waals surface area contributed by atoms with Crippen LogP contribution in [0.4, 0.5) is 4.39 Å². The molecular formula is C17H15FIN3O2. The van der Waals surface area contributed by atoms with Crippen LogP contribution in [-0.2, 0) is 11.3 Å². The first-order valence-corrected chi connectivity index (χ1v) is 8.90. The summed E-state index contributed by atoms with van der Waals surface area (Å²) in [4.78, 5) is 21.7. The summed E-state index contributed by atoms with van der Waals surface area (Å²) in [6, 6.07) is 7.89. The van der Waals surface area contributed by atoms with E-state index in [1.807, 2.05) is 0 Å². The van der Waals surface area contributed by atoms with Crippen molar-refractivity contribution >= 4 is 33.8 Å². The Kier molecular flexibility index (Phi) is 5.20. The molecule has 0 aliphatic heterocycles. The van der Waals surface area contributed by atoms with Crippen LogP contribution in [0.15, 0.2) is 41.3 Å². The Morgan fingerprint density at radius 1 is 1.33 bits per heavy atom. The summed E-state index contributed by atoms with van der Waals surface area (Å²) in [5, 5.41) is 0. The number of halogens is 2. The van der Waals surface area contributed by atoms with Gasteiger partial charge >= 0.3 is 0 Å². The number of nitrogens with zero attached hydrogens (tertiary/aromatic N) is 3. The van der Waals surface area contributed by atoms with E-state index in [0.717, 1.165) is 0 Å². The number of aryl methyl sites for hydroxylation is 1. The van der Waals surface area contributed by atoms with Gasteiger partial charge in [0, 0.05) is 11.8 Å². The molecule has 2 aromatic heterocycles. The average molecular weight is 439 g/mol. The Morgan fingerprint density at radius 3 is 2.92 bits per heavy atom. The Balaban J connectivity index is 2.21. The Labute approximate surface area is 151 Å². The van der Waals surface area contributed by atoms with Gasteiger partial charge in [0.05, 0.1) is 17.8 Å². The summed E-state index contributed by atoms with van der Waals surface area (Å²) >= 11 is 2.11. The maximum absolute atomic E-state index is 13.4. The smallest absolute Gasteiger partial charge is 0.278 e. The lowest BCUT2D eigenvalue weighted by Crippen LogP contribution is -2.26. The average Bonchev–Trinajstić information content (AvgIpc) is 2.57. The number of benzene rings is 1. The maximum Gasteiger partial charge on any atom is 0.278 e. The molecule has 0 spiro atoms. The van der Waals surface area contributed by atoms with Crippen LogP contribution in [-0.4, -0.2) is 25.8 Å². The van der Waals surface area contributed by atoms with Gasteiger partial charge in [-0.05, 0) is 42.8 Å². The van der Waals surface area contributed by atoms with Gasteiger partial charge in [-0.3, -0.25) is 9.36 Å². The molecule has 0 aliphatic carbocycles. The highest BCUT2D eigenvalue weighted by Crippen LogP contribution is 2.21. The van der Waals surface area contributed by atoms with Gasteiger partial charge in [-0.2, -0.15) is 0 Å². The van der Waals surface area contributed by atoms with E-state index in [1.165, 1.54) is 12.1 Å². The van der Waals surface area contributed by atoms with Crippen molar-refractivity contribution in [3.8, 4) is 11.3 Å². The summed E-state index contributed by atoms with van der Waals surface area (Å²) < 4.78 is 20.8. The predicted molar refractivity (Wildman–Crippen MR) is 98.8 cm³/mol. The van der Waals surface area contributed by atoms with Crippen LogP contribution in [0.2, 0.25) is 0 Å². The lowest BCUT2D eigenvalue weighted by molar-refractivity contribution is 0.180. The summed E-state index contributed by atoms with van der Waals surface area (Å²) in [6.07, 6.45) is 1.63. The van der Waals surface area contributed by atoms with Crippen molar-refractivity contribution in [2.75, 3.05) is 11.2 Å². The van der Waals surface area contributed by atoms with E-state index in [4.69, 9.17) is 4.74 Å². The van der Waals surface area contributed by atoms with E-state index < -0.39 is 0 Å². The second-order valence-electron chi connectivity index (χ2n) is 5.24. The van der Waals surface area contributed by atoms with E-state index in [-0.39, 0.29) is 11.4 Å². The molecule has 0 saturated heterocycles. The van der Waals surface area contributed by atoms with Gasteiger partial charge in [0.15, 0.2) is 5.65 Å². The molecule has 3 rings (SSSR count). The topological polar surface area (TPSA) is 57.0 Å². The highest BCUT2D eigenvalue weighted by molar-refractivity contribution is 14.1. The monoisotopic (exact) mass is 439 g/mol. The van der Waals surface area contributed by atoms with Crippen LogP contribution in [0.3, 0.4) is 0 Å². The highest BCUT2D eigenvalue weighted by atomic mass is 127. The Bertz CT molecular complexity index is 943. The summed E-state index contributed by atoms with van der Waals surface area (Å²) in [5.41, 5.74) is 2.46. The van der Waals surface area contributed by atoms with Gasteiger partial charge in [-0.1, -0.05) is 22.6 Å². The van der Waals surface area contributed by atoms with Crippen molar-refractivity contribution < 1.29 is 9.13 Å². The van der Waals surface area contributed by atoms with Crippen molar-refractivity contribution in [3.05, 3.63) is 58.3 Å². The van der Waals surface area contributed by atoms with Gasteiger partial charge in [-0.15, -0.1) is 0 Å². The minimum atomic E-state index is -0.338. The van der Waals surface area contributed by atoms with Gasteiger partial charge in [0.2, 0.25) is 0 Å². The third-order valence-corrected chi connectivity index (χ3v) is 4.12. The van der Waals surface area contributed by atoms with Crippen molar-refractivity contribution in [1.82, 2.24) is 14.5 Å². The molecule has 0 unspecified atom stereocenters. The van der Waals surface area contributed by atoms with Gasteiger partial charge in [-0.25, -0.2) is 14.4 Å². The zero-order valence-corrected chi connectivity index (χ0v) is 15.2. The number of alkyl halides is 1. The van der Waals surface area contributed by atoms with E-state index in [0.29, 0.717) is 45.7 Å². The molecule has 0 radical (unpaired) electrons. The number of aromatic nitrogens is 3. The standard InChI is InChI=1S/C17H15FIN3O2/c1-11-9-12(18)4-5-13(11)15-17(23)22(7-8-24-10-19)16-14(21-15)3-2-6-20-16/h2-6,9H,7-8,10H2,1H3. The third-order valence-electron chi connectivity index (χ3n) is 3.68. The van der Waals surface area contributed by atoms with Crippen molar-refractivity contribution in [2.45, 2.75) is 13.5 Å². The zero-order valence-electron chi connectivity index (χ0n) is 13.0. The molecule has 0 saturated carbocycles. The lowest BCUT2D eigenvalue weighted by Gasteiger charge is -2.12. The third kappa shape index (κ3) is 3.32. The first-order chi connectivity index (χ1) is 11.6. The Morgan fingerprint density at radius 2 is 2.17 bits per heavy atom. The quantitative estimate of drug-likeness (QED) is 0.348. The minimum Gasteiger partial charge on any atom is -0.369 e. The molecule has 5 nitrogen and oxygen atoms in total. The molecule has 7 heteroatoms. The van der Waals surface area contributed by atoms with Crippen molar-refractivity contribution in [3.63, 3.8) is 0 Å². The molecule has 0 fully saturated rings. The fourth-order valence-electron chi connectivity index (χ4n) is 2.56. The number of fused-ring (bicyclic) bond motifs is 1. The molecule has 24 heavy (non-hydrogen) atoms. The van der Waals surface area contributed by atoms with Crippen LogP contribution < -0.4 is 5.56 Å². The highest BCUT2D eigenvalue weighted by Gasteiger charge is 2.15. The van der Waals surface area contributed by atoms with E-state index in [2.05, 4.69) is 32.6 Å². The van der Waals surface area contributed by atoms with Gasteiger partial charge < -0.3 is 4.74 Å². The number of rotatable bonds is 5. The van der Waals surface area contributed by atoms with Crippen molar-refractivity contribution in [1.29, 1.82) is 0 Å². The summed E-state index contributed by atoms with van der Waals surface area (Å²) in [7, 11) is 0. The summed E-state index contributed by atoms with van der Waals surface area (Å²) in [6.45, 7) is 2.54. The fourth-order valence-corrected chi connectivity index (χ4v) is 2.87. The lowest BCUT2D eigenvalue weighted by atomic mass is 10.1. The van der Waals surface area contributed by atoms with Crippen LogP contribution in [0.25, 0.3) is 22.4 Å². The van der Waals surface area contributed by atoms with Crippen LogP contribution >= 0.6 is 22.6 Å². The molecule has 0 atom stereocenters. The second kappa shape index (κ2) is 7.35. The molecular weight excluding hydrogens is 424 g/mol. The van der Waals surface area contributed by atoms with E-state index >= 15 is 0 Å². The number of pyridine rings is 1. The van der Waals surface area contributed by atoms with Gasteiger partial charge in [0.25, 0.3) is 5.56 Å². The van der Waals surface area contributed by atoms with E-state index in [1.54, 1.807) is 35.9 Å². The predicted octanol–water partition coefficient (Wildman–Crippen LogP) is 3.32. The number of ether oxygens (including phenoxy) is 1. The Hall–Kier alpha value is -1.87. The summed E-state index contributed by atoms with van der Waals surface area (Å²) in [5.74, 6) is -0.338. The number of hydrogen-bond acceptors (Lipinski definition) is 4. The molecule has 124 valence electrons. The minimum absolute atomic E-state index is 0.257. The molecule has 1 aromatic carbocycles. The maximum atomic E-state index is 13.4. The van der Waals surface area contributed by atoms with Crippen LogP contribution in [0, 0.1) is 12.7 Å². The first-order valence-electron chi connectivity index (χ1n) is 7.37. The SMILES string of the molecule is Cc1cc(F)ccc1-c1nc2cccnc2n(CCOCI)c1=O. The molecule has 2 heterocycles. The van der Waals surface area contributed by atoms with Crippen LogP contribution in [0.5, 0.6) is 0 Å². The zero-order chi connectivity index (χ0) is 17.1. The van der Waals surface area contributed by atoms with Gasteiger partial charge in [0.1, 0.15) is 17.0 Å². The second-order valence-corrected chi connectivity index (χ2v) is 5.86. The normalized spacial score (nSPS) is 11.1. The fraction of sp³-hybridized carbons (Fsp3) is 0.235. The van der Waals surface area contributed by atoms with Crippen LogP contribution in [0.1, 0.15) is 5.56 Å². The molecule has 0 aliphatic rings. The number of hydrogen-bond donors (Lipinski definition) is 0. The first kappa shape index (κ1) is 17.0. The van der Waals surface area contributed by atoms with E-state index in [9.17, 15) is 9.18 Å². The molecule has 0 N–H and O–H groups in total. The van der Waals surface area contributed by atoms with Crippen molar-refractivity contribution in [2.24, 2.45) is 0 Å².